The summed E-state index contributed by atoms with van der Waals surface area (Å²) in [4.78, 5) is 12.3. The molecule has 3 N–H and O–H groups in total. The van der Waals surface area contributed by atoms with Crippen LogP contribution in [-0.4, -0.2) is 26.1 Å². The van der Waals surface area contributed by atoms with Crippen molar-refractivity contribution in [2.75, 3.05) is 11.9 Å². The molecule has 0 aliphatic rings. The number of fused-ring (bicyclic) bond motifs is 1. The van der Waals surface area contributed by atoms with Gasteiger partial charge in [0.15, 0.2) is 11.5 Å². The largest absolute Gasteiger partial charge is 0.456 e. The van der Waals surface area contributed by atoms with E-state index in [0.29, 0.717) is 46.7 Å². The van der Waals surface area contributed by atoms with Gasteiger partial charge in [-0.15, -0.1) is 36.2 Å². The third kappa shape index (κ3) is 6.30. The Morgan fingerprint density at radius 3 is 2.61 bits per heavy atom. The second-order valence-corrected chi connectivity index (χ2v) is 8.95. The van der Waals surface area contributed by atoms with Gasteiger partial charge in [-0.05, 0) is 36.4 Å². The minimum Gasteiger partial charge on any atom is -0.456 e. The van der Waals surface area contributed by atoms with E-state index in [2.05, 4.69) is 20.3 Å². The molecule has 0 saturated carbocycles. The molecule has 0 atom stereocenters. The average molecular weight is 604 g/mol. The van der Waals surface area contributed by atoms with Gasteiger partial charge in [0.1, 0.15) is 28.4 Å². The van der Waals surface area contributed by atoms with Gasteiger partial charge in [0, 0.05) is 35.9 Å². The quantitative estimate of drug-likeness (QED) is 0.199. The van der Waals surface area contributed by atoms with E-state index in [9.17, 15) is 13.2 Å². The monoisotopic (exact) mass is 602 g/mol. The van der Waals surface area contributed by atoms with Crippen molar-refractivity contribution >= 4 is 70.3 Å². The fourth-order valence-corrected chi connectivity index (χ4v) is 4.65. The van der Waals surface area contributed by atoms with Gasteiger partial charge in [-0.3, -0.25) is 0 Å². The highest BCUT2D eigenvalue weighted by Crippen LogP contribution is 2.37. The van der Waals surface area contributed by atoms with Crippen LogP contribution in [0.5, 0.6) is 11.5 Å². The van der Waals surface area contributed by atoms with Crippen LogP contribution in [0.2, 0.25) is 5.02 Å². The molecular weight excluding hydrogens is 584 g/mol. The van der Waals surface area contributed by atoms with Gasteiger partial charge in [0.2, 0.25) is 0 Å². The van der Waals surface area contributed by atoms with Crippen LogP contribution in [0.4, 0.5) is 24.7 Å². The Morgan fingerprint density at radius 1 is 1.08 bits per heavy atom. The standard InChI is InChI=1S/C24H18ClF3N6OS.2ClH/c25-17-11-15(32-22-21-18(30-13-31-22)6-8-34(21)9-7-29)4-5-19(17)35-16-3-1-2-14(10-16)23-33-20(12-36-23)24(26,27)28;;/h1-6,8,10-13H,7,9,29H2,(H,30,31,32);2*1H. The van der Waals surface area contributed by atoms with Crippen molar-refractivity contribution in [3.8, 4) is 22.1 Å². The lowest BCUT2D eigenvalue weighted by Crippen LogP contribution is -2.10. The topological polar surface area (TPSA) is 90.9 Å². The summed E-state index contributed by atoms with van der Waals surface area (Å²) < 4.78 is 46.6. The maximum atomic E-state index is 12.9. The third-order valence-corrected chi connectivity index (χ3v) is 6.40. The van der Waals surface area contributed by atoms with E-state index in [4.69, 9.17) is 22.1 Å². The van der Waals surface area contributed by atoms with Gasteiger partial charge in [-0.2, -0.15) is 13.2 Å². The summed E-state index contributed by atoms with van der Waals surface area (Å²) in [6.45, 7) is 1.10. The predicted molar refractivity (Wildman–Crippen MR) is 148 cm³/mol. The van der Waals surface area contributed by atoms with Gasteiger partial charge in [-0.1, -0.05) is 23.7 Å². The molecule has 2 aromatic carbocycles. The second-order valence-electron chi connectivity index (χ2n) is 7.69. The zero-order valence-corrected chi connectivity index (χ0v) is 22.5. The molecule has 14 heteroatoms. The summed E-state index contributed by atoms with van der Waals surface area (Å²) in [5.41, 5.74) is 7.60. The predicted octanol–water partition coefficient (Wildman–Crippen LogP) is 7.57. The normalized spacial score (nSPS) is 11.1. The molecule has 200 valence electrons. The third-order valence-electron chi connectivity index (χ3n) is 5.22. The molecule has 0 saturated heterocycles. The molecule has 0 radical (unpaired) electrons. The maximum absolute atomic E-state index is 12.9. The fourth-order valence-electron chi connectivity index (χ4n) is 3.60. The summed E-state index contributed by atoms with van der Waals surface area (Å²) in [6, 6.07) is 13.7. The molecule has 3 aromatic heterocycles. The first-order valence-electron chi connectivity index (χ1n) is 10.7. The number of alkyl halides is 3. The Morgan fingerprint density at radius 2 is 1.89 bits per heavy atom. The highest BCUT2D eigenvalue weighted by Gasteiger charge is 2.33. The lowest BCUT2D eigenvalue weighted by Gasteiger charge is -2.12. The molecule has 0 aliphatic carbocycles. The maximum Gasteiger partial charge on any atom is 0.434 e. The molecule has 3 heterocycles. The first-order valence-corrected chi connectivity index (χ1v) is 11.9. The molecule has 0 aliphatic heterocycles. The average Bonchev–Trinajstić information content (AvgIpc) is 3.50. The van der Waals surface area contributed by atoms with E-state index in [1.165, 1.54) is 6.33 Å². The number of anilines is 2. The van der Waals surface area contributed by atoms with Gasteiger partial charge in [-0.25, -0.2) is 15.0 Å². The SMILES string of the molecule is Cl.Cl.NCCn1ccc2ncnc(Nc3ccc(Oc4cccc(-c5nc(C(F)(F)F)cs5)c4)c(Cl)c3)c21. The van der Waals surface area contributed by atoms with E-state index in [-0.39, 0.29) is 29.8 Å². The lowest BCUT2D eigenvalue weighted by atomic mass is 10.2. The highest BCUT2D eigenvalue weighted by atomic mass is 35.5. The molecule has 0 bridgehead atoms. The van der Waals surface area contributed by atoms with Crippen molar-refractivity contribution in [3.05, 3.63) is 77.2 Å². The number of nitrogens with zero attached hydrogens (tertiary/aromatic N) is 4. The minimum absolute atomic E-state index is 0. The van der Waals surface area contributed by atoms with Crippen molar-refractivity contribution in [1.82, 2.24) is 19.5 Å². The second kappa shape index (κ2) is 12.2. The van der Waals surface area contributed by atoms with Crippen molar-refractivity contribution in [3.63, 3.8) is 0 Å². The molecule has 38 heavy (non-hydrogen) atoms. The summed E-state index contributed by atoms with van der Waals surface area (Å²) in [7, 11) is 0. The van der Waals surface area contributed by atoms with Gasteiger partial charge in [0.25, 0.3) is 0 Å². The van der Waals surface area contributed by atoms with E-state index >= 15 is 0 Å². The van der Waals surface area contributed by atoms with E-state index in [0.717, 1.165) is 27.8 Å². The summed E-state index contributed by atoms with van der Waals surface area (Å²) in [6.07, 6.45) is -1.11. The Bertz CT molecular complexity index is 1540. The number of nitrogens with one attached hydrogen (secondary N) is 1. The van der Waals surface area contributed by atoms with E-state index in [1.54, 1.807) is 42.5 Å². The first kappa shape index (κ1) is 29.5. The van der Waals surface area contributed by atoms with Crippen LogP contribution < -0.4 is 15.8 Å². The number of thiazole rings is 1. The minimum atomic E-state index is -4.49. The number of benzene rings is 2. The van der Waals surface area contributed by atoms with E-state index in [1.807, 2.05) is 16.8 Å². The van der Waals surface area contributed by atoms with Crippen LogP contribution in [0.1, 0.15) is 5.69 Å². The molecule has 0 unspecified atom stereocenters. The Labute approximate surface area is 236 Å². The van der Waals surface area contributed by atoms with Crippen LogP contribution in [0.3, 0.4) is 0 Å². The molecule has 5 aromatic rings. The number of ether oxygens (including phenoxy) is 1. The van der Waals surface area contributed by atoms with Crippen molar-refractivity contribution in [1.29, 1.82) is 0 Å². The summed E-state index contributed by atoms with van der Waals surface area (Å²) in [5, 5.41) is 4.83. The molecule has 0 amide bonds. The van der Waals surface area contributed by atoms with Gasteiger partial charge < -0.3 is 20.4 Å². The van der Waals surface area contributed by atoms with Crippen LogP contribution in [0, 0.1) is 0 Å². The zero-order chi connectivity index (χ0) is 25.3. The number of hydrogen-bond acceptors (Lipinski definition) is 7. The summed E-state index contributed by atoms with van der Waals surface area (Å²) in [5.74, 6) is 1.40. The lowest BCUT2D eigenvalue weighted by molar-refractivity contribution is -0.140. The number of halogens is 6. The van der Waals surface area contributed by atoms with E-state index < -0.39 is 11.9 Å². The molecule has 7 nitrogen and oxygen atoms in total. The number of nitrogens with two attached hydrogens (primary N) is 1. The highest BCUT2D eigenvalue weighted by molar-refractivity contribution is 7.13. The van der Waals surface area contributed by atoms with Gasteiger partial charge >= 0.3 is 6.18 Å². The Kier molecular flexibility index (Phi) is 9.45. The molecule has 0 fully saturated rings. The first-order chi connectivity index (χ1) is 17.3. The Balaban J connectivity index is 0.00000200. The van der Waals surface area contributed by atoms with Crippen LogP contribution in [0.25, 0.3) is 21.6 Å². The number of aromatic nitrogens is 4. The van der Waals surface area contributed by atoms with Crippen LogP contribution >= 0.6 is 47.8 Å². The number of rotatable bonds is 7. The summed E-state index contributed by atoms with van der Waals surface area (Å²) >= 11 is 7.39. The van der Waals surface area contributed by atoms with Crippen LogP contribution in [-0.2, 0) is 12.7 Å². The number of hydrogen-bond donors (Lipinski definition) is 2. The molecular formula is C24H20Cl3F3N6OS. The molecule has 5 rings (SSSR count). The fraction of sp³-hybridized carbons (Fsp3) is 0.125. The van der Waals surface area contributed by atoms with Crippen molar-refractivity contribution < 1.29 is 17.9 Å². The smallest absolute Gasteiger partial charge is 0.434 e. The Hall–Kier alpha value is -3.09. The van der Waals surface area contributed by atoms with Crippen molar-refractivity contribution in [2.24, 2.45) is 5.73 Å². The van der Waals surface area contributed by atoms with Crippen molar-refractivity contribution in [2.45, 2.75) is 12.7 Å². The van der Waals surface area contributed by atoms with Gasteiger partial charge in [0.05, 0.1) is 10.5 Å². The van der Waals surface area contributed by atoms with Crippen LogP contribution in [0.15, 0.2) is 66.4 Å². The molecule has 0 spiro atoms. The zero-order valence-electron chi connectivity index (χ0n) is 19.3.